The van der Waals surface area contributed by atoms with Gasteiger partial charge in [-0.25, -0.2) is 0 Å². The molecule has 1 unspecified atom stereocenters. The Morgan fingerprint density at radius 3 is 3.00 bits per heavy atom. The molecule has 20 heavy (non-hydrogen) atoms. The van der Waals surface area contributed by atoms with Gasteiger partial charge in [-0.15, -0.1) is 0 Å². The molecule has 1 aliphatic heterocycles. The standard InChI is InChI=1S/C15H20ClNO2S/c1-10-6-13(14(19-2)8-12(10)16)17-15(18)7-11-4-3-5-20-9-11/h6,8,11H,3-5,7,9H2,1-2H3,(H,17,18). The van der Waals surface area contributed by atoms with Crippen LogP contribution in [0.1, 0.15) is 24.8 Å². The highest BCUT2D eigenvalue weighted by Crippen LogP contribution is 2.32. The molecule has 1 N–H and O–H groups in total. The summed E-state index contributed by atoms with van der Waals surface area (Å²) in [5.41, 5.74) is 1.62. The monoisotopic (exact) mass is 313 g/mol. The molecule has 1 heterocycles. The van der Waals surface area contributed by atoms with Gasteiger partial charge in [-0.1, -0.05) is 11.6 Å². The minimum Gasteiger partial charge on any atom is -0.495 e. The van der Waals surface area contributed by atoms with E-state index in [4.69, 9.17) is 16.3 Å². The van der Waals surface area contributed by atoms with Crippen LogP contribution in [0.5, 0.6) is 5.75 Å². The number of ether oxygens (including phenoxy) is 1. The molecule has 0 aromatic heterocycles. The first kappa shape index (κ1) is 15.5. The van der Waals surface area contributed by atoms with Crippen LogP contribution in [-0.2, 0) is 4.79 Å². The summed E-state index contributed by atoms with van der Waals surface area (Å²) in [6, 6.07) is 3.59. The van der Waals surface area contributed by atoms with Crippen molar-refractivity contribution in [3.8, 4) is 5.75 Å². The summed E-state index contributed by atoms with van der Waals surface area (Å²) in [5.74, 6) is 3.46. The van der Waals surface area contributed by atoms with Crippen LogP contribution in [0.15, 0.2) is 12.1 Å². The minimum absolute atomic E-state index is 0.0533. The molecule has 0 saturated carbocycles. The molecule has 0 radical (unpaired) electrons. The van der Waals surface area contributed by atoms with Crippen LogP contribution >= 0.6 is 23.4 Å². The first-order chi connectivity index (χ1) is 9.60. The highest BCUT2D eigenvalue weighted by molar-refractivity contribution is 7.99. The number of rotatable bonds is 4. The Morgan fingerprint density at radius 2 is 2.35 bits per heavy atom. The highest BCUT2D eigenvalue weighted by Gasteiger charge is 2.18. The Bertz CT molecular complexity index is 487. The van der Waals surface area contributed by atoms with E-state index in [0.29, 0.717) is 28.8 Å². The fourth-order valence-corrected chi connectivity index (χ4v) is 3.67. The number of thioether (sulfide) groups is 1. The first-order valence-corrected chi connectivity index (χ1v) is 8.35. The molecule has 1 aromatic rings. The fourth-order valence-electron chi connectivity index (χ4n) is 2.36. The van der Waals surface area contributed by atoms with Gasteiger partial charge in [0.15, 0.2) is 0 Å². The molecule has 3 nitrogen and oxygen atoms in total. The molecule has 1 aliphatic rings. The van der Waals surface area contributed by atoms with E-state index < -0.39 is 0 Å². The predicted octanol–water partition coefficient (Wildman–Crippen LogP) is 4.13. The third kappa shape index (κ3) is 4.06. The van der Waals surface area contributed by atoms with E-state index in [-0.39, 0.29) is 5.91 Å². The predicted molar refractivity (Wildman–Crippen MR) is 86.0 cm³/mol. The van der Waals surface area contributed by atoms with Crippen molar-refractivity contribution >= 4 is 35.0 Å². The molecule has 2 rings (SSSR count). The first-order valence-electron chi connectivity index (χ1n) is 6.82. The molecule has 0 bridgehead atoms. The lowest BCUT2D eigenvalue weighted by Crippen LogP contribution is -2.20. The van der Waals surface area contributed by atoms with E-state index in [9.17, 15) is 4.79 Å². The zero-order chi connectivity index (χ0) is 14.5. The van der Waals surface area contributed by atoms with E-state index in [1.165, 1.54) is 12.2 Å². The number of hydrogen-bond acceptors (Lipinski definition) is 3. The lowest BCUT2D eigenvalue weighted by molar-refractivity contribution is -0.117. The Hall–Kier alpha value is -0.870. The summed E-state index contributed by atoms with van der Waals surface area (Å²) in [7, 11) is 1.58. The number of amides is 1. The van der Waals surface area contributed by atoms with Gasteiger partial charge in [-0.3, -0.25) is 4.79 Å². The Kier molecular flexibility index (Phi) is 5.61. The van der Waals surface area contributed by atoms with Crippen LogP contribution in [0.2, 0.25) is 5.02 Å². The summed E-state index contributed by atoms with van der Waals surface area (Å²) < 4.78 is 5.27. The molecule has 5 heteroatoms. The van der Waals surface area contributed by atoms with Crippen LogP contribution in [0.4, 0.5) is 5.69 Å². The Balaban J connectivity index is 2.01. The maximum Gasteiger partial charge on any atom is 0.224 e. The molecule has 1 fully saturated rings. The molecular weight excluding hydrogens is 294 g/mol. The van der Waals surface area contributed by atoms with E-state index in [0.717, 1.165) is 17.7 Å². The number of halogens is 1. The van der Waals surface area contributed by atoms with Crippen molar-refractivity contribution < 1.29 is 9.53 Å². The second-order valence-corrected chi connectivity index (χ2v) is 6.69. The zero-order valence-electron chi connectivity index (χ0n) is 11.9. The fraction of sp³-hybridized carbons (Fsp3) is 0.533. The number of aryl methyl sites for hydroxylation is 1. The van der Waals surface area contributed by atoms with E-state index in [1.54, 1.807) is 13.2 Å². The summed E-state index contributed by atoms with van der Waals surface area (Å²) in [5, 5.41) is 3.59. The Morgan fingerprint density at radius 1 is 1.55 bits per heavy atom. The summed E-state index contributed by atoms with van der Waals surface area (Å²) in [4.78, 5) is 12.1. The van der Waals surface area contributed by atoms with Gasteiger partial charge in [-0.05, 0) is 48.8 Å². The van der Waals surface area contributed by atoms with Gasteiger partial charge in [0.05, 0.1) is 12.8 Å². The lowest BCUT2D eigenvalue weighted by Gasteiger charge is -2.21. The molecule has 110 valence electrons. The normalized spacial score (nSPS) is 18.6. The average molecular weight is 314 g/mol. The van der Waals surface area contributed by atoms with Crippen molar-refractivity contribution in [1.82, 2.24) is 0 Å². The molecule has 0 spiro atoms. The second kappa shape index (κ2) is 7.23. The van der Waals surface area contributed by atoms with Crippen molar-refractivity contribution in [3.63, 3.8) is 0 Å². The van der Waals surface area contributed by atoms with Gasteiger partial charge in [0.1, 0.15) is 5.75 Å². The van der Waals surface area contributed by atoms with Crippen molar-refractivity contribution in [1.29, 1.82) is 0 Å². The van der Waals surface area contributed by atoms with Crippen LogP contribution < -0.4 is 10.1 Å². The van der Waals surface area contributed by atoms with Gasteiger partial charge in [-0.2, -0.15) is 11.8 Å². The number of carbonyl (C=O) groups excluding carboxylic acids is 1. The quantitative estimate of drug-likeness (QED) is 0.908. The third-order valence-corrected chi connectivity index (χ3v) is 5.18. The highest BCUT2D eigenvalue weighted by atomic mass is 35.5. The largest absolute Gasteiger partial charge is 0.495 e. The van der Waals surface area contributed by atoms with Crippen LogP contribution in [0, 0.1) is 12.8 Å². The molecule has 1 aromatic carbocycles. The minimum atomic E-state index is 0.0533. The number of methoxy groups -OCH3 is 1. The average Bonchev–Trinajstić information content (AvgIpc) is 2.43. The molecule has 1 atom stereocenters. The molecule has 1 saturated heterocycles. The van der Waals surface area contributed by atoms with Gasteiger partial charge in [0.25, 0.3) is 0 Å². The third-order valence-electron chi connectivity index (χ3n) is 3.48. The number of anilines is 1. The van der Waals surface area contributed by atoms with Gasteiger partial charge in [0.2, 0.25) is 5.91 Å². The summed E-state index contributed by atoms with van der Waals surface area (Å²) >= 11 is 8.00. The topological polar surface area (TPSA) is 38.3 Å². The summed E-state index contributed by atoms with van der Waals surface area (Å²) in [6.45, 7) is 1.91. The van der Waals surface area contributed by atoms with Crippen molar-refractivity contribution in [3.05, 3.63) is 22.7 Å². The van der Waals surface area contributed by atoms with Crippen molar-refractivity contribution in [2.24, 2.45) is 5.92 Å². The number of benzene rings is 1. The smallest absolute Gasteiger partial charge is 0.224 e. The maximum absolute atomic E-state index is 12.1. The van der Waals surface area contributed by atoms with E-state index in [2.05, 4.69) is 5.32 Å². The van der Waals surface area contributed by atoms with Crippen LogP contribution in [-0.4, -0.2) is 24.5 Å². The number of carbonyl (C=O) groups is 1. The second-order valence-electron chi connectivity index (χ2n) is 5.14. The molecule has 1 amide bonds. The Labute approximate surface area is 129 Å². The van der Waals surface area contributed by atoms with E-state index >= 15 is 0 Å². The molecular formula is C15H20ClNO2S. The van der Waals surface area contributed by atoms with Crippen molar-refractivity contribution in [2.75, 3.05) is 23.9 Å². The molecule has 0 aliphatic carbocycles. The lowest BCUT2D eigenvalue weighted by atomic mass is 10.0. The van der Waals surface area contributed by atoms with Gasteiger partial charge < -0.3 is 10.1 Å². The SMILES string of the molecule is COc1cc(Cl)c(C)cc1NC(=O)CC1CCCSC1. The summed E-state index contributed by atoms with van der Waals surface area (Å²) in [6.07, 6.45) is 2.95. The van der Waals surface area contributed by atoms with Crippen LogP contribution in [0.25, 0.3) is 0 Å². The number of hydrogen-bond donors (Lipinski definition) is 1. The van der Waals surface area contributed by atoms with Gasteiger partial charge in [0, 0.05) is 17.5 Å². The zero-order valence-corrected chi connectivity index (χ0v) is 13.4. The van der Waals surface area contributed by atoms with Crippen LogP contribution in [0.3, 0.4) is 0 Å². The number of nitrogens with one attached hydrogen (secondary N) is 1. The van der Waals surface area contributed by atoms with Gasteiger partial charge >= 0.3 is 0 Å². The maximum atomic E-state index is 12.1. The van der Waals surface area contributed by atoms with E-state index in [1.807, 2.05) is 24.8 Å². The van der Waals surface area contributed by atoms with Crippen molar-refractivity contribution in [2.45, 2.75) is 26.2 Å².